The van der Waals surface area contributed by atoms with Crippen molar-refractivity contribution in [3.8, 4) is 5.75 Å². The van der Waals surface area contributed by atoms with Crippen LogP contribution in [0.5, 0.6) is 5.75 Å². The average Bonchev–Trinajstić information content (AvgIpc) is 3.35. The quantitative estimate of drug-likeness (QED) is 0.744. The number of thioether (sulfide) groups is 1. The zero-order valence-electron chi connectivity index (χ0n) is 13.9. The Morgan fingerprint density at radius 2 is 2.17 bits per heavy atom. The molecular formula is C17H22N4O2S. The van der Waals surface area contributed by atoms with Gasteiger partial charge in [0.2, 0.25) is 5.91 Å². The van der Waals surface area contributed by atoms with Gasteiger partial charge in [-0.3, -0.25) is 4.79 Å². The van der Waals surface area contributed by atoms with Gasteiger partial charge in [-0.1, -0.05) is 23.9 Å². The van der Waals surface area contributed by atoms with Crippen molar-refractivity contribution in [2.75, 3.05) is 13.7 Å². The van der Waals surface area contributed by atoms with E-state index in [0.29, 0.717) is 12.6 Å². The van der Waals surface area contributed by atoms with Crippen molar-refractivity contribution < 1.29 is 9.53 Å². The number of carbonyl (C=O) groups excluding carboxylic acids is 1. The van der Waals surface area contributed by atoms with Gasteiger partial charge in [0.25, 0.3) is 0 Å². The lowest BCUT2D eigenvalue weighted by atomic mass is 10.1. The fraction of sp³-hybridized carbons (Fsp3) is 0.471. The van der Waals surface area contributed by atoms with E-state index >= 15 is 0 Å². The standard InChI is InChI=1S/C17H22N4O2S/c1-12(24-17-20-19-11-21(17)14-5-6-14)16(22)18-10-9-13-3-7-15(23-2)8-4-13/h3-4,7-8,11-12,14H,5-6,9-10H2,1-2H3,(H,18,22). The topological polar surface area (TPSA) is 69.0 Å². The first-order chi connectivity index (χ1) is 11.7. The van der Waals surface area contributed by atoms with Gasteiger partial charge in [0.05, 0.1) is 12.4 Å². The summed E-state index contributed by atoms with van der Waals surface area (Å²) < 4.78 is 7.21. The van der Waals surface area contributed by atoms with Gasteiger partial charge in [0.15, 0.2) is 5.16 Å². The zero-order chi connectivity index (χ0) is 16.9. The molecule has 1 aliphatic rings. The largest absolute Gasteiger partial charge is 0.497 e. The number of ether oxygens (including phenoxy) is 1. The van der Waals surface area contributed by atoms with Crippen LogP contribution in [-0.2, 0) is 11.2 Å². The van der Waals surface area contributed by atoms with E-state index in [1.54, 1.807) is 13.4 Å². The first kappa shape index (κ1) is 16.8. The van der Waals surface area contributed by atoms with Crippen molar-refractivity contribution in [2.45, 2.75) is 42.6 Å². The first-order valence-electron chi connectivity index (χ1n) is 8.14. The molecule has 1 unspecified atom stereocenters. The van der Waals surface area contributed by atoms with Gasteiger partial charge >= 0.3 is 0 Å². The first-order valence-corrected chi connectivity index (χ1v) is 9.02. The molecule has 1 amide bonds. The molecule has 0 saturated heterocycles. The van der Waals surface area contributed by atoms with Crippen molar-refractivity contribution in [3.63, 3.8) is 0 Å². The minimum Gasteiger partial charge on any atom is -0.497 e. The number of benzene rings is 1. The maximum absolute atomic E-state index is 12.2. The number of nitrogens with one attached hydrogen (secondary N) is 1. The van der Waals surface area contributed by atoms with Gasteiger partial charge in [0, 0.05) is 12.6 Å². The summed E-state index contributed by atoms with van der Waals surface area (Å²) in [5, 5.41) is 11.7. The average molecular weight is 346 g/mol. The lowest BCUT2D eigenvalue weighted by Gasteiger charge is -2.12. The second-order valence-corrected chi connectivity index (χ2v) is 7.21. The molecule has 1 aliphatic carbocycles. The Morgan fingerprint density at radius 1 is 1.42 bits per heavy atom. The van der Waals surface area contributed by atoms with Crippen molar-refractivity contribution in [3.05, 3.63) is 36.2 Å². The van der Waals surface area contributed by atoms with Crippen LogP contribution in [0.2, 0.25) is 0 Å². The van der Waals surface area contributed by atoms with Gasteiger partial charge in [0.1, 0.15) is 12.1 Å². The van der Waals surface area contributed by atoms with E-state index < -0.39 is 0 Å². The minimum absolute atomic E-state index is 0.0267. The van der Waals surface area contributed by atoms with Crippen LogP contribution >= 0.6 is 11.8 Å². The number of hydrogen-bond acceptors (Lipinski definition) is 5. The summed E-state index contributed by atoms with van der Waals surface area (Å²) in [6, 6.07) is 8.41. The molecule has 2 aromatic rings. The molecule has 0 spiro atoms. The fourth-order valence-corrected chi connectivity index (χ4v) is 3.32. The molecule has 1 aromatic carbocycles. The minimum atomic E-state index is -0.192. The third kappa shape index (κ3) is 4.29. The number of carbonyl (C=O) groups is 1. The molecule has 1 N–H and O–H groups in total. The van der Waals surface area contributed by atoms with E-state index in [-0.39, 0.29) is 11.2 Å². The lowest BCUT2D eigenvalue weighted by molar-refractivity contribution is -0.120. The molecule has 7 heteroatoms. The SMILES string of the molecule is COc1ccc(CCNC(=O)C(C)Sc2nncn2C2CC2)cc1. The van der Waals surface area contributed by atoms with Gasteiger partial charge in [-0.2, -0.15) is 0 Å². The number of aromatic nitrogens is 3. The fourth-order valence-electron chi connectivity index (χ4n) is 2.40. The van der Waals surface area contributed by atoms with Crippen molar-refractivity contribution in [2.24, 2.45) is 0 Å². The number of amides is 1. The van der Waals surface area contributed by atoms with Crippen LogP contribution in [-0.4, -0.2) is 39.6 Å². The molecule has 6 nitrogen and oxygen atoms in total. The number of rotatable bonds is 8. The van der Waals surface area contributed by atoms with E-state index in [0.717, 1.165) is 17.3 Å². The zero-order valence-corrected chi connectivity index (χ0v) is 14.8. The summed E-state index contributed by atoms with van der Waals surface area (Å²) in [4.78, 5) is 12.2. The Morgan fingerprint density at radius 3 is 2.83 bits per heavy atom. The Bertz CT molecular complexity index is 682. The van der Waals surface area contributed by atoms with Crippen LogP contribution in [0.15, 0.2) is 35.7 Å². The van der Waals surface area contributed by atoms with Gasteiger partial charge in [-0.05, 0) is 43.9 Å². The Balaban J connectivity index is 1.44. The Kier molecular flexibility index (Phi) is 5.40. The highest BCUT2D eigenvalue weighted by molar-refractivity contribution is 8.00. The van der Waals surface area contributed by atoms with Gasteiger partial charge in [-0.15, -0.1) is 10.2 Å². The Hall–Kier alpha value is -2.02. The molecule has 3 rings (SSSR count). The molecule has 1 atom stereocenters. The molecule has 1 aromatic heterocycles. The van der Waals surface area contributed by atoms with Crippen LogP contribution in [0.3, 0.4) is 0 Å². The molecule has 24 heavy (non-hydrogen) atoms. The summed E-state index contributed by atoms with van der Waals surface area (Å²) in [6.07, 6.45) is 4.90. The van der Waals surface area contributed by atoms with E-state index in [1.165, 1.54) is 30.2 Å². The van der Waals surface area contributed by atoms with E-state index in [9.17, 15) is 4.79 Å². The summed E-state index contributed by atoms with van der Waals surface area (Å²) in [6.45, 7) is 2.52. The third-order valence-corrected chi connectivity index (χ3v) is 5.07. The molecule has 1 saturated carbocycles. The molecule has 0 radical (unpaired) electrons. The highest BCUT2D eigenvalue weighted by atomic mass is 32.2. The number of hydrogen-bond donors (Lipinski definition) is 1. The lowest BCUT2D eigenvalue weighted by Crippen LogP contribution is -2.32. The monoisotopic (exact) mass is 346 g/mol. The molecule has 1 heterocycles. The van der Waals surface area contributed by atoms with Gasteiger partial charge in [-0.25, -0.2) is 0 Å². The molecule has 128 valence electrons. The molecular weight excluding hydrogens is 324 g/mol. The smallest absolute Gasteiger partial charge is 0.233 e. The van der Waals surface area contributed by atoms with Crippen LogP contribution in [0.1, 0.15) is 31.4 Å². The predicted octanol–water partition coefficient (Wildman–Crippen LogP) is 2.46. The highest BCUT2D eigenvalue weighted by Gasteiger charge is 2.27. The summed E-state index contributed by atoms with van der Waals surface area (Å²) in [7, 11) is 1.65. The predicted molar refractivity (Wildman–Crippen MR) is 93.3 cm³/mol. The third-order valence-electron chi connectivity index (χ3n) is 4.00. The van der Waals surface area contributed by atoms with Crippen molar-refractivity contribution in [1.82, 2.24) is 20.1 Å². The van der Waals surface area contributed by atoms with Crippen LogP contribution < -0.4 is 10.1 Å². The second kappa shape index (κ2) is 7.70. The molecule has 0 bridgehead atoms. The van der Waals surface area contributed by atoms with Crippen LogP contribution in [0.4, 0.5) is 0 Å². The number of methoxy groups -OCH3 is 1. The van der Waals surface area contributed by atoms with Crippen LogP contribution in [0.25, 0.3) is 0 Å². The normalized spacial score (nSPS) is 15.1. The Labute approximate surface area is 146 Å². The molecule has 0 aliphatic heterocycles. The van der Waals surface area contributed by atoms with Gasteiger partial charge < -0.3 is 14.6 Å². The number of nitrogens with zero attached hydrogens (tertiary/aromatic N) is 3. The summed E-state index contributed by atoms with van der Waals surface area (Å²) >= 11 is 1.47. The van der Waals surface area contributed by atoms with E-state index in [2.05, 4.69) is 20.1 Å². The maximum Gasteiger partial charge on any atom is 0.233 e. The molecule has 1 fully saturated rings. The van der Waals surface area contributed by atoms with Crippen molar-refractivity contribution in [1.29, 1.82) is 0 Å². The maximum atomic E-state index is 12.2. The van der Waals surface area contributed by atoms with Crippen LogP contribution in [0, 0.1) is 0 Å². The van der Waals surface area contributed by atoms with E-state index in [4.69, 9.17) is 4.74 Å². The highest BCUT2D eigenvalue weighted by Crippen LogP contribution is 2.37. The van der Waals surface area contributed by atoms with Crippen molar-refractivity contribution >= 4 is 17.7 Å². The summed E-state index contributed by atoms with van der Waals surface area (Å²) in [5.74, 6) is 0.867. The second-order valence-electron chi connectivity index (χ2n) is 5.90. The van der Waals surface area contributed by atoms with E-state index in [1.807, 2.05) is 31.2 Å². The summed E-state index contributed by atoms with van der Waals surface area (Å²) in [5.41, 5.74) is 1.17.